The number of hydrogen-bond acceptors (Lipinski definition) is 2. The largest absolute Gasteiger partial charge is 0.346 e. The van der Waals surface area contributed by atoms with E-state index in [4.69, 9.17) is 23.2 Å². The normalized spacial score (nSPS) is 12.3. The van der Waals surface area contributed by atoms with E-state index < -0.39 is 0 Å². The predicted molar refractivity (Wildman–Crippen MR) is 92.8 cm³/mol. The number of aromatic amines is 1. The topological polar surface area (TPSA) is 57.8 Å². The zero-order valence-corrected chi connectivity index (χ0v) is 13.9. The average Bonchev–Trinajstić information content (AvgIpc) is 2.95. The van der Waals surface area contributed by atoms with Crippen LogP contribution in [0, 0.1) is 0 Å². The fraction of sp³-hybridized carbons (Fsp3) is 0.176. The summed E-state index contributed by atoms with van der Waals surface area (Å²) in [6.45, 7) is 1.89. The highest BCUT2D eigenvalue weighted by Crippen LogP contribution is 2.23. The maximum absolute atomic E-state index is 12.2. The Morgan fingerprint density at radius 2 is 2.00 bits per heavy atom. The molecule has 0 aliphatic heterocycles. The van der Waals surface area contributed by atoms with Gasteiger partial charge in [0, 0.05) is 0 Å². The lowest BCUT2D eigenvalue weighted by molar-refractivity contribution is -0.121. The number of nitrogens with zero attached hydrogens (tertiary/aromatic N) is 1. The Labute approximate surface area is 143 Å². The molecule has 0 fully saturated rings. The van der Waals surface area contributed by atoms with Gasteiger partial charge in [0.15, 0.2) is 0 Å². The zero-order valence-electron chi connectivity index (χ0n) is 12.4. The molecule has 2 N–H and O–H groups in total. The molecule has 3 rings (SSSR count). The van der Waals surface area contributed by atoms with Crippen molar-refractivity contribution in [2.45, 2.75) is 19.4 Å². The Morgan fingerprint density at radius 1 is 1.22 bits per heavy atom. The summed E-state index contributed by atoms with van der Waals surface area (Å²) in [6, 6.07) is 12.7. The highest BCUT2D eigenvalue weighted by molar-refractivity contribution is 6.42. The number of rotatable bonds is 4. The van der Waals surface area contributed by atoms with E-state index in [0.29, 0.717) is 10.0 Å². The highest BCUT2D eigenvalue weighted by atomic mass is 35.5. The lowest BCUT2D eigenvalue weighted by atomic mass is 10.1. The Balaban J connectivity index is 1.67. The highest BCUT2D eigenvalue weighted by Gasteiger charge is 2.14. The number of benzene rings is 2. The molecule has 1 amide bonds. The molecule has 0 saturated heterocycles. The van der Waals surface area contributed by atoms with Gasteiger partial charge in [-0.25, -0.2) is 4.98 Å². The molecule has 1 heterocycles. The van der Waals surface area contributed by atoms with Crippen molar-refractivity contribution in [1.82, 2.24) is 15.3 Å². The van der Waals surface area contributed by atoms with E-state index >= 15 is 0 Å². The van der Waals surface area contributed by atoms with E-state index in [1.807, 2.05) is 31.2 Å². The molecule has 3 aromatic rings. The third-order valence-electron chi connectivity index (χ3n) is 3.54. The molecule has 0 unspecified atom stereocenters. The minimum absolute atomic E-state index is 0.101. The Morgan fingerprint density at radius 3 is 2.74 bits per heavy atom. The van der Waals surface area contributed by atoms with Crippen LogP contribution in [0.15, 0.2) is 42.5 Å². The van der Waals surface area contributed by atoms with E-state index in [-0.39, 0.29) is 18.4 Å². The molecule has 0 aliphatic carbocycles. The molecule has 4 nitrogen and oxygen atoms in total. The van der Waals surface area contributed by atoms with Crippen molar-refractivity contribution < 1.29 is 4.79 Å². The SMILES string of the molecule is C[C@H](NC(=O)Cc1ccc(Cl)c(Cl)c1)c1nc2ccccc2[nH]1. The fourth-order valence-corrected chi connectivity index (χ4v) is 2.69. The van der Waals surface area contributed by atoms with Crippen LogP contribution in [0.1, 0.15) is 24.4 Å². The van der Waals surface area contributed by atoms with Gasteiger partial charge in [-0.3, -0.25) is 4.79 Å². The summed E-state index contributed by atoms with van der Waals surface area (Å²) in [7, 11) is 0. The van der Waals surface area contributed by atoms with Crippen LogP contribution in [-0.4, -0.2) is 15.9 Å². The van der Waals surface area contributed by atoms with E-state index in [1.165, 1.54) is 0 Å². The summed E-state index contributed by atoms with van der Waals surface area (Å²) in [5.74, 6) is 0.630. The maximum Gasteiger partial charge on any atom is 0.224 e. The molecule has 0 aliphatic rings. The second kappa shape index (κ2) is 6.60. The van der Waals surface area contributed by atoms with Crippen molar-refractivity contribution in [1.29, 1.82) is 0 Å². The van der Waals surface area contributed by atoms with Gasteiger partial charge in [0.25, 0.3) is 0 Å². The number of carbonyl (C=O) groups excluding carboxylic acids is 1. The summed E-state index contributed by atoms with van der Waals surface area (Å²) in [4.78, 5) is 19.9. The van der Waals surface area contributed by atoms with Gasteiger partial charge in [-0.1, -0.05) is 41.4 Å². The standard InChI is InChI=1S/C17H15Cl2N3O/c1-10(17-21-14-4-2-3-5-15(14)22-17)20-16(23)9-11-6-7-12(18)13(19)8-11/h2-8,10H,9H2,1H3,(H,20,23)(H,21,22)/t10-/m0/s1. The summed E-state index contributed by atoms with van der Waals surface area (Å²) < 4.78 is 0. The lowest BCUT2D eigenvalue weighted by Gasteiger charge is -2.11. The lowest BCUT2D eigenvalue weighted by Crippen LogP contribution is -2.28. The smallest absolute Gasteiger partial charge is 0.224 e. The van der Waals surface area contributed by atoms with Gasteiger partial charge in [0.2, 0.25) is 5.91 Å². The molecule has 2 aromatic carbocycles. The van der Waals surface area contributed by atoms with Crippen LogP contribution < -0.4 is 5.32 Å². The number of para-hydroxylation sites is 2. The molecule has 0 bridgehead atoms. The number of halogens is 2. The number of imidazole rings is 1. The summed E-state index contributed by atoms with van der Waals surface area (Å²) in [5.41, 5.74) is 2.65. The molecule has 118 valence electrons. The Kier molecular flexibility index (Phi) is 4.55. The van der Waals surface area contributed by atoms with Gasteiger partial charge >= 0.3 is 0 Å². The first-order valence-corrected chi connectivity index (χ1v) is 7.96. The molecule has 1 atom stereocenters. The molecular weight excluding hydrogens is 333 g/mol. The minimum Gasteiger partial charge on any atom is -0.346 e. The third kappa shape index (κ3) is 3.66. The zero-order chi connectivity index (χ0) is 16.4. The van der Waals surface area contributed by atoms with Crippen LogP contribution in [0.2, 0.25) is 10.0 Å². The van der Waals surface area contributed by atoms with Crippen molar-refractivity contribution in [3.63, 3.8) is 0 Å². The van der Waals surface area contributed by atoms with E-state index in [0.717, 1.165) is 22.4 Å². The second-order valence-corrected chi connectivity index (χ2v) is 6.17. The fourth-order valence-electron chi connectivity index (χ4n) is 2.37. The van der Waals surface area contributed by atoms with Gasteiger partial charge < -0.3 is 10.3 Å². The average molecular weight is 348 g/mol. The molecule has 1 aromatic heterocycles. The first-order valence-electron chi connectivity index (χ1n) is 7.21. The van der Waals surface area contributed by atoms with Gasteiger partial charge in [-0.15, -0.1) is 0 Å². The van der Waals surface area contributed by atoms with Gasteiger partial charge in [0.05, 0.1) is 33.5 Å². The predicted octanol–water partition coefficient (Wildman–Crippen LogP) is 4.29. The van der Waals surface area contributed by atoms with Crippen LogP contribution >= 0.6 is 23.2 Å². The summed E-state index contributed by atoms with van der Waals surface area (Å²) in [5, 5.41) is 3.86. The first kappa shape index (κ1) is 15.8. The molecule has 0 spiro atoms. The van der Waals surface area contributed by atoms with Gasteiger partial charge in [-0.2, -0.15) is 0 Å². The molecule has 6 heteroatoms. The molecule has 0 saturated carbocycles. The quantitative estimate of drug-likeness (QED) is 0.739. The number of fused-ring (bicyclic) bond motifs is 1. The van der Waals surface area contributed by atoms with E-state index in [1.54, 1.807) is 18.2 Å². The second-order valence-electron chi connectivity index (χ2n) is 5.35. The van der Waals surface area contributed by atoms with Crippen LogP contribution in [0.3, 0.4) is 0 Å². The first-order chi connectivity index (χ1) is 11.0. The van der Waals surface area contributed by atoms with Crippen LogP contribution in [0.4, 0.5) is 0 Å². The van der Waals surface area contributed by atoms with Gasteiger partial charge in [0.1, 0.15) is 5.82 Å². The maximum atomic E-state index is 12.2. The van der Waals surface area contributed by atoms with Crippen LogP contribution in [-0.2, 0) is 11.2 Å². The number of aromatic nitrogens is 2. The van der Waals surface area contributed by atoms with Crippen molar-refractivity contribution >= 4 is 40.1 Å². The molecule has 23 heavy (non-hydrogen) atoms. The number of nitrogens with one attached hydrogen (secondary N) is 2. The number of carbonyl (C=O) groups is 1. The monoisotopic (exact) mass is 347 g/mol. The van der Waals surface area contributed by atoms with Crippen molar-refractivity contribution in [2.24, 2.45) is 0 Å². The van der Waals surface area contributed by atoms with Crippen LogP contribution in [0.5, 0.6) is 0 Å². The molecular formula is C17H15Cl2N3O. The third-order valence-corrected chi connectivity index (χ3v) is 4.28. The van der Waals surface area contributed by atoms with Crippen molar-refractivity contribution in [3.05, 3.63) is 63.9 Å². The number of H-pyrrole nitrogens is 1. The Hall–Kier alpha value is -2.04. The van der Waals surface area contributed by atoms with Crippen LogP contribution in [0.25, 0.3) is 11.0 Å². The summed E-state index contributed by atoms with van der Waals surface area (Å²) >= 11 is 11.8. The summed E-state index contributed by atoms with van der Waals surface area (Å²) in [6.07, 6.45) is 0.238. The van der Waals surface area contributed by atoms with Crippen molar-refractivity contribution in [2.75, 3.05) is 0 Å². The number of hydrogen-bond donors (Lipinski definition) is 2. The van der Waals surface area contributed by atoms with Gasteiger partial charge in [-0.05, 0) is 36.8 Å². The van der Waals surface area contributed by atoms with E-state index in [9.17, 15) is 4.79 Å². The van der Waals surface area contributed by atoms with E-state index in [2.05, 4.69) is 15.3 Å². The minimum atomic E-state index is -0.210. The Bertz CT molecular complexity index is 827. The molecule has 0 radical (unpaired) electrons. The van der Waals surface area contributed by atoms with Crippen molar-refractivity contribution in [3.8, 4) is 0 Å². The number of amides is 1.